The lowest BCUT2D eigenvalue weighted by atomic mass is 10.2. The summed E-state index contributed by atoms with van der Waals surface area (Å²) in [6.07, 6.45) is 1.65. The molecule has 0 saturated heterocycles. The molecule has 1 aromatic rings. The summed E-state index contributed by atoms with van der Waals surface area (Å²) in [6, 6.07) is 3.80. The second-order valence-corrected chi connectivity index (χ2v) is 6.64. The Bertz CT molecular complexity index is 597. The molecule has 0 amide bonds. The fourth-order valence-corrected chi connectivity index (χ4v) is 3.65. The highest BCUT2D eigenvalue weighted by Gasteiger charge is 2.36. The van der Waals surface area contributed by atoms with Gasteiger partial charge in [0.1, 0.15) is 10.8 Å². The highest BCUT2D eigenvalue weighted by Crippen LogP contribution is 2.31. The van der Waals surface area contributed by atoms with Crippen LogP contribution in [0.2, 0.25) is 0 Å². The number of benzene rings is 1. The van der Waals surface area contributed by atoms with Crippen molar-refractivity contribution in [2.45, 2.75) is 23.8 Å². The molecule has 0 radical (unpaired) electrons. The highest BCUT2D eigenvalue weighted by atomic mass is 32.2. The van der Waals surface area contributed by atoms with Gasteiger partial charge in [0.15, 0.2) is 0 Å². The smallest absolute Gasteiger partial charge is 0.243 e. The van der Waals surface area contributed by atoms with Crippen LogP contribution in [0.3, 0.4) is 0 Å². The summed E-state index contributed by atoms with van der Waals surface area (Å²) in [4.78, 5) is -0.416. The van der Waals surface area contributed by atoms with E-state index < -0.39 is 15.8 Å². The summed E-state index contributed by atoms with van der Waals surface area (Å²) in [6.45, 7) is 0. The van der Waals surface area contributed by atoms with Gasteiger partial charge >= 0.3 is 0 Å². The first kappa shape index (κ1) is 13.4. The third-order valence-electron chi connectivity index (χ3n) is 2.94. The fraction of sp³-hybridized carbons (Fsp3) is 0.364. The van der Waals surface area contributed by atoms with Crippen molar-refractivity contribution < 1.29 is 12.8 Å². The molecule has 0 bridgehead atoms. The van der Waals surface area contributed by atoms with Gasteiger partial charge in [-0.15, -0.1) is 0 Å². The topological polar surface area (TPSA) is 63.4 Å². The molecule has 98 valence electrons. The molecule has 1 saturated carbocycles. The third kappa shape index (κ3) is 2.25. The normalized spacial score (nSPS) is 15.9. The number of thiocarbonyl (C=S) groups is 1. The monoisotopic (exact) mass is 288 g/mol. The van der Waals surface area contributed by atoms with Crippen molar-refractivity contribution in [2.24, 2.45) is 5.73 Å². The Hall–Kier alpha value is -1.05. The van der Waals surface area contributed by atoms with Crippen LogP contribution >= 0.6 is 12.2 Å². The Labute approximate surface area is 111 Å². The number of hydrogen-bond acceptors (Lipinski definition) is 3. The number of sulfonamides is 1. The number of halogens is 1. The van der Waals surface area contributed by atoms with Crippen molar-refractivity contribution in [3.8, 4) is 0 Å². The molecule has 0 aliphatic heterocycles. The minimum absolute atomic E-state index is 0.00235. The van der Waals surface area contributed by atoms with Crippen LogP contribution in [-0.2, 0) is 10.0 Å². The zero-order valence-electron chi connectivity index (χ0n) is 9.76. The quantitative estimate of drug-likeness (QED) is 0.847. The molecule has 7 heteroatoms. The Morgan fingerprint density at radius 2 is 2.11 bits per heavy atom. The van der Waals surface area contributed by atoms with Crippen molar-refractivity contribution in [1.29, 1.82) is 0 Å². The van der Waals surface area contributed by atoms with Crippen molar-refractivity contribution in [3.05, 3.63) is 29.6 Å². The van der Waals surface area contributed by atoms with E-state index in [2.05, 4.69) is 0 Å². The first-order valence-electron chi connectivity index (χ1n) is 5.42. The third-order valence-corrected chi connectivity index (χ3v) is 5.10. The van der Waals surface area contributed by atoms with Gasteiger partial charge in [-0.05, 0) is 25.0 Å². The molecular weight excluding hydrogens is 275 g/mol. The van der Waals surface area contributed by atoms with Gasteiger partial charge < -0.3 is 5.73 Å². The lowest BCUT2D eigenvalue weighted by Crippen LogP contribution is -2.31. The maximum Gasteiger partial charge on any atom is 0.243 e. The van der Waals surface area contributed by atoms with Crippen LogP contribution in [0.4, 0.5) is 4.39 Å². The summed E-state index contributed by atoms with van der Waals surface area (Å²) in [5, 5.41) is 0. The SMILES string of the molecule is CN(C1CC1)S(=O)(=O)c1cccc(F)c1C(N)=S. The average Bonchev–Trinajstić information content (AvgIpc) is 3.10. The van der Waals surface area contributed by atoms with Crippen molar-refractivity contribution in [3.63, 3.8) is 0 Å². The van der Waals surface area contributed by atoms with Gasteiger partial charge in [-0.3, -0.25) is 0 Å². The lowest BCUT2D eigenvalue weighted by Gasteiger charge is -2.18. The number of rotatable bonds is 4. The van der Waals surface area contributed by atoms with Gasteiger partial charge in [0, 0.05) is 13.1 Å². The molecule has 2 rings (SSSR count). The van der Waals surface area contributed by atoms with E-state index >= 15 is 0 Å². The first-order chi connectivity index (χ1) is 8.35. The predicted molar refractivity (Wildman–Crippen MR) is 70.3 cm³/mol. The van der Waals surface area contributed by atoms with Crippen molar-refractivity contribution >= 4 is 27.2 Å². The van der Waals surface area contributed by atoms with Crippen LogP contribution in [0.5, 0.6) is 0 Å². The summed E-state index contributed by atoms with van der Waals surface area (Å²) >= 11 is 4.73. The van der Waals surface area contributed by atoms with Crippen LogP contribution < -0.4 is 5.73 Å². The van der Waals surface area contributed by atoms with Gasteiger partial charge in [-0.1, -0.05) is 18.3 Å². The maximum atomic E-state index is 13.7. The summed E-state index contributed by atoms with van der Waals surface area (Å²) in [7, 11) is -2.26. The molecule has 2 N–H and O–H groups in total. The van der Waals surface area contributed by atoms with Gasteiger partial charge in [0.2, 0.25) is 10.0 Å². The maximum absolute atomic E-state index is 13.7. The van der Waals surface area contributed by atoms with Gasteiger partial charge in [-0.2, -0.15) is 4.31 Å². The van der Waals surface area contributed by atoms with Crippen molar-refractivity contribution in [2.75, 3.05) is 7.05 Å². The highest BCUT2D eigenvalue weighted by molar-refractivity contribution is 7.89. The van der Waals surface area contributed by atoms with Crippen LogP contribution in [-0.4, -0.2) is 30.8 Å². The van der Waals surface area contributed by atoms with Crippen LogP contribution in [0.25, 0.3) is 0 Å². The molecule has 0 unspecified atom stereocenters. The molecule has 1 aliphatic rings. The minimum atomic E-state index is -3.75. The summed E-state index contributed by atoms with van der Waals surface area (Å²) in [5.74, 6) is -0.715. The average molecular weight is 288 g/mol. The minimum Gasteiger partial charge on any atom is -0.389 e. The molecule has 1 aromatic carbocycles. The molecule has 18 heavy (non-hydrogen) atoms. The van der Waals surface area contributed by atoms with Gasteiger partial charge in [0.05, 0.1) is 10.5 Å². The molecule has 1 aliphatic carbocycles. The standard InChI is InChI=1S/C11H13FN2O2S2/c1-14(7-5-6-7)18(15,16)9-4-2-3-8(12)10(9)11(13)17/h2-4,7H,5-6H2,1H3,(H2,13,17). The number of nitrogens with zero attached hydrogens (tertiary/aromatic N) is 1. The van der Waals surface area contributed by atoms with Gasteiger partial charge in [-0.25, -0.2) is 12.8 Å². The second kappa shape index (κ2) is 4.56. The Morgan fingerprint density at radius 1 is 1.50 bits per heavy atom. The molecule has 1 fully saturated rings. The van der Waals surface area contributed by atoms with E-state index in [1.165, 1.54) is 23.5 Å². The van der Waals surface area contributed by atoms with Crippen molar-refractivity contribution in [1.82, 2.24) is 4.31 Å². The number of hydrogen-bond donors (Lipinski definition) is 1. The fourth-order valence-electron chi connectivity index (χ4n) is 1.75. The Morgan fingerprint density at radius 3 is 2.61 bits per heavy atom. The number of nitrogens with two attached hydrogens (primary N) is 1. The van der Waals surface area contributed by atoms with E-state index in [-0.39, 0.29) is 21.5 Å². The molecular formula is C11H13FN2O2S2. The van der Waals surface area contributed by atoms with E-state index in [9.17, 15) is 12.8 Å². The van der Waals surface area contributed by atoms with E-state index in [4.69, 9.17) is 18.0 Å². The van der Waals surface area contributed by atoms with Crippen LogP contribution in [0, 0.1) is 5.82 Å². The van der Waals surface area contributed by atoms with E-state index in [1.807, 2.05) is 0 Å². The summed E-state index contributed by atoms with van der Waals surface area (Å²) < 4.78 is 39.6. The molecule has 4 nitrogen and oxygen atoms in total. The van der Waals surface area contributed by atoms with Crippen LogP contribution in [0.15, 0.2) is 23.1 Å². The zero-order chi connectivity index (χ0) is 13.5. The molecule has 0 aromatic heterocycles. The van der Waals surface area contributed by atoms with Crippen LogP contribution in [0.1, 0.15) is 18.4 Å². The molecule has 0 heterocycles. The Balaban J connectivity index is 2.57. The zero-order valence-corrected chi connectivity index (χ0v) is 11.4. The largest absolute Gasteiger partial charge is 0.389 e. The van der Waals surface area contributed by atoms with E-state index in [1.54, 1.807) is 0 Å². The second-order valence-electron chi connectivity index (χ2n) is 4.23. The van der Waals surface area contributed by atoms with E-state index in [0.29, 0.717) is 0 Å². The lowest BCUT2D eigenvalue weighted by molar-refractivity contribution is 0.463. The Kier molecular flexibility index (Phi) is 3.39. The predicted octanol–water partition coefficient (Wildman–Crippen LogP) is 1.24. The first-order valence-corrected chi connectivity index (χ1v) is 7.27. The summed E-state index contributed by atoms with van der Waals surface area (Å²) in [5.41, 5.74) is 5.20. The molecule has 0 spiro atoms. The molecule has 0 atom stereocenters. The van der Waals surface area contributed by atoms with Gasteiger partial charge in [0.25, 0.3) is 0 Å². The van der Waals surface area contributed by atoms with E-state index in [0.717, 1.165) is 18.9 Å².